The number of carbonyl (C=O) groups excluding carboxylic acids is 1. The fourth-order valence-corrected chi connectivity index (χ4v) is 4.31. The van der Waals surface area contributed by atoms with Gasteiger partial charge in [-0.3, -0.25) is 9.69 Å². The molecular formula is C17H23N3O3S. The molecule has 0 saturated carbocycles. The van der Waals surface area contributed by atoms with Gasteiger partial charge < -0.3 is 4.98 Å². The molecule has 0 amide bonds. The van der Waals surface area contributed by atoms with Crippen LogP contribution in [0.15, 0.2) is 24.3 Å². The summed E-state index contributed by atoms with van der Waals surface area (Å²) in [4.78, 5) is 18.1. The fourth-order valence-electron chi connectivity index (χ4n) is 3.52. The van der Waals surface area contributed by atoms with Gasteiger partial charge in [-0.25, -0.2) is 13.1 Å². The third kappa shape index (κ3) is 3.85. The molecule has 1 aliphatic heterocycles. The van der Waals surface area contributed by atoms with Crippen molar-refractivity contribution in [2.75, 3.05) is 25.9 Å². The number of ketones is 1. The summed E-state index contributed by atoms with van der Waals surface area (Å²) in [5.74, 6) is 0.0740. The first kappa shape index (κ1) is 17.1. The van der Waals surface area contributed by atoms with Crippen molar-refractivity contribution in [1.29, 1.82) is 0 Å². The smallest absolute Gasteiger partial charge is 0.208 e. The van der Waals surface area contributed by atoms with Gasteiger partial charge in [-0.15, -0.1) is 0 Å². The van der Waals surface area contributed by atoms with E-state index in [1.165, 1.54) is 6.26 Å². The number of nitrogens with zero attached hydrogens (tertiary/aromatic N) is 1. The van der Waals surface area contributed by atoms with Crippen molar-refractivity contribution >= 4 is 26.7 Å². The van der Waals surface area contributed by atoms with Crippen molar-refractivity contribution in [1.82, 2.24) is 14.6 Å². The van der Waals surface area contributed by atoms with Crippen molar-refractivity contribution in [3.05, 3.63) is 35.5 Å². The predicted octanol–water partition coefficient (Wildman–Crippen LogP) is 1.67. The largest absolute Gasteiger partial charge is 0.358 e. The lowest BCUT2D eigenvalue weighted by molar-refractivity contribution is 0.0906. The molecule has 2 aromatic rings. The summed E-state index contributed by atoms with van der Waals surface area (Å²) < 4.78 is 25.5. The number of aromatic nitrogens is 1. The van der Waals surface area contributed by atoms with Crippen molar-refractivity contribution in [2.45, 2.75) is 25.8 Å². The van der Waals surface area contributed by atoms with Gasteiger partial charge in [-0.1, -0.05) is 18.2 Å². The van der Waals surface area contributed by atoms with E-state index in [4.69, 9.17) is 0 Å². The number of likely N-dealkylation sites (tertiary alicyclic amines) is 1. The van der Waals surface area contributed by atoms with Crippen molar-refractivity contribution in [3.8, 4) is 0 Å². The van der Waals surface area contributed by atoms with Crippen molar-refractivity contribution < 1.29 is 13.2 Å². The van der Waals surface area contributed by atoms with Crippen LogP contribution in [0.2, 0.25) is 0 Å². The molecular weight excluding hydrogens is 326 g/mol. The summed E-state index contributed by atoms with van der Waals surface area (Å²) >= 11 is 0. The van der Waals surface area contributed by atoms with Gasteiger partial charge in [0, 0.05) is 34.7 Å². The Labute approximate surface area is 142 Å². The SMILES string of the molecule is Cc1[nH]c2ccccc2c1C(=O)CN1CCCC(NS(C)(=O)=O)C1. The van der Waals surface area contributed by atoms with Crippen LogP contribution >= 0.6 is 0 Å². The number of nitrogens with one attached hydrogen (secondary N) is 2. The first-order valence-corrected chi connectivity index (χ1v) is 10.0. The van der Waals surface area contributed by atoms with E-state index in [9.17, 15) is 13.2 Å². The number of hydrogen-bond acceptors (Lipinski definition) is 4. The number of para-hydroxylation sites is 1. The normalized spacial score (nSPS) is 19.7. The Morgan fingerprint density at radius 1 is 1.38 bits per heavy atom. The number of rotatable bonds is 5. The molecule has 6 nitrogen and oxygen atoms in total. The Bertz CT molecular complexity index is 857. The van der Waals surface area contributed by atoms with Crippen molar-refractivity contribution in [2.24, 2.45) is 0 Å². The molecule has 0 aliphatic carbocycles. The summed E-state index contributed by atoms with van der Waals surface area (Å²) in [7, 11) is -3.22. The number of piperidine rings is 1. The van der Waals surface area contributed by atoms with Crippen LogP contribution in [0.25, 0.3) is 10.9 Å². The topological polar surface area (TPSA) is 82.3 Å². The van der Waals surface area contributed by atoms with Gasteiger partial charge in [0.05, 0.1) is 12.8 Å². The monoisotopic (exact) mass is 349 g/mol. The van der Waals surface area contributed by atoms with Crippen LogP contribution in [-0.4, -0.2) is 56.0 Å². The van der Waals surface area contributed by atoms with Crippen LogP contribution in [0.5, 0.6) is 0 Å². The Morgan fingerprint density at radius 3 is 2.88 bits per heavy atom. The summed E-state index contributed by atoms with van der Waals surface area (Å²) in [6, 6.07) is 7.67. The van der Waals surface area contributed by atoms with Gasteiger partial charge in [0.25, 0.3) is 0 Å². The van der Waals surface area contributed by atoms with Crippen molar-refractivity contribution in [3.63, 3.8) is 0 Å². The average Bonchev–Trinajstić information content (AvgIpc) is 2.81. The standard InChI is InChI=1S/C17H23N3O3S/c1-12-17(14-7-3-4-8-15(14)18-12)16(21)11-20-9-5-6-13(10-20)19-24(2,22)23/h3-4,7-8,13,18-19H,5-6,9-11H2,1-2H3. The lowest BCUT2D eigenvalue weighted by atomic mass is 10.0. The summed E-state index contributed by atoms with van der Waals surface area (Å²) in [6.45, 7) is 3.61. The van der Waals surface area contributed by atoms with E-state index in [2.05, 4.69) is 9.71 Å². The molecule has 0 bridgehead atoms. The number of hydrogen-bond donors (Lipinski definition) is 2. The molecule has 24 heavy (non-hydrogen) atoms. The van der Waals surface area contributed by atoms with E-state index < -0.39 is 10.0 Å². The number of aromatic amines is 1. The second-order valence-electron chi connectivity index (χ2n) is 6.56. The molecule has 0 spiro atoms. The molecule has 7 heteroatoms. The van der Waals surface area contributed by atoms with Crippen LogP contribution < -0.4 is 4.72 Å². The van der Waals surface area contributed by atoms with E-state index >= 15 is 0 Å². The predicted molar refractivity (Wildman–Crippen MR) is 94.8 cm³/mol. The lowest BCUT2D eigenvalue weighted by Crippen LogP contribution is -2.48. The number of carbonyl (C=O) groups is 1. The van der Waals surface area contributed by atoms with E-state index in [1.807, 2.05) is 36.1 Å². The van der Waals surface area contributed by atoms with Crippen LogP contribution in [0, 0.1) is 6.92 Å². The number of H-pyrrole nitrogens is 1. The zero-order chi connectivity index (χ0) is 17.3. The molecule has 1 aromatic heterocycles. The Morgan fingerprint density at radius 2 is 2.12 bits per heavy atom. The maximum Gasteiger partial charge on any atom is 0.208 e. The summed E-state index contributed by atoms with van der Waals surface area (Å²) in [6.07, 6.45) is 2.86. The average molecular weight is 349 g/mol. The third-order valence-corrected chi connectivity index (χ3v) is 5.19. The molecule has 2 N–H and O–H groups in total. The molecule has 1 fully saturated rings. The first-order valence-electron chi connectivity index (χ1n) is 8.13. The lowest BCUT2D eigenvalue weighted by Gasteiger charge is -2.32. The molecule has 3 rings (SSSR count). The second kappa shape index (κ2) is 6.66. The molecule has 1 unspecified atom stereocenters. The van der Waals surface area contributed by atoms with E-state index in [0.717, 1.165) is 41.5 Å². The van der Waals surface area contributed by atoms with E-state index in [1.54, 1.807) is 0 Å². The Balaban J connectivity index is 1.73. The number of aryl methyl sites for hydroxylation is 1. The number of fused-ring (bicyclic) bond motifs is 1. The number of sulfonamides is 1. The molecule has 1 aliphatic rings. The quantitative estimate of drug-likeness (QED) is 0.805. The highest BCUT2D eigenvalue weighted by molar-refractivity contribution is 7.88. The van der Waals surface area contributed by atoms with Gasteiger partial charge in [-0.2, -0.15) is 0 Å². The van der Waals surface area contributed by atoms with E-state index in [-0.39, 0.29) is 11.8 Å². The maximum absolute atomic E-state index is 12.8. The first-order chi connectivity index (χ1) is 11.3. The Hall–Kier alpha value is -1.70. The highest BCUT2D eigenvalue weighted by Crippen LogP contribution is 2.23. The number of Topliss-reactive ketones (excluding diaryl/α,β-unsaturated/α-hetero) is 1. The molecule has 1 saturated heterocycles. The molecule has 0 radical (unpaired) electrons. The fraction of sp³-hybridized carbons (Fsp3) is 0.471. The highest BCUT2D eigenvalue weighted by Gasteiger charge is 2.25. The zero-order valence-corrected chi connectivity index (χ0v) is 14.8. The summed E-state index contributed by atoms with van der Waals surface area (Å²) in [5, 5.41) is 0.947. The van der Waals surface area contributed by atoms with E-state index in [0.29, 0.717) is 13.1 Å². The highest BCUT2D eigenvalue weighted by atomic mass is 32.2. The molecule has 130 valence electrons. The van der Waals surface area contributed by atoms with Crippen LogP contribution in [-0.2, 0) is 10.0 Å². The third-order valence-electron chi connectivity index (χ3n) is 4.43. The van der Waals surface area contributed by atoms with Gasteiger partial charge in [0.15, 0.2) is 5.78 Å². The minimum atomic E-state index is -3.22. The minimum Gasteiger partial charge on any atom is -0.358 e. The minimum absolute atomic E-state index is 0.0740. The molecule has 2 heterocycles. The van der Waals surface area contributed by atoms with Crippen LogP contribution in [0.4, 0.5) is 0 Å². The van der Waals surface area contributed by atoms with Crippen LogP contribution in [0.3, 0.4) is 0 Å². The molecule has 1 aromatic carbocycles. The van der Waals surface area contributed by atoms with Gasteiger partial charge >= 0.3 is 0 Å². The molecule has 1 atom stereocenters. The van der Waals surface area contributed by atoms with Gasteiger partial charge in [0.1, 0.15) is 0 Å². The van der Waals surface area contributed by atoms with Crippen LogP contribution in [0.1, 0.15) is 28.9 Å². The Kier molecular flexibility index (Phi) is 4.76. The van der Waals surface area contributed by atoms with Gasteiger partial charge in [0.2, 0.25) is 10.0 Å². The summed E-state index contributed by atoms with van der Waals surface area (Å²) in [5.41, 5.74) is 2.58. The van der Waals surface area contributed by atoms with Gasteiger partial charge in [-0.05, 0) is 32.4 Å². The second-order valence-corrected chi connectivity index (χ2v) is 8.34. The maximum atomic E-state index is 12.8. The number of benzene rings is 1. The zero-order valence-electron chi connectivity index (χ0n) is 14.0.